The Kier molecular flexibility index (Phi) is 5.94. The normalized spacial score (nSPS) is 14.4. The van der Waals surface area contributed by atoms with Crippen molar-refractivity contribution >= 4 is 17.5 Å². The average molecular weight is 399 g/mol. The number of piperidine rings is 1. The Balaban J connectivity index is 1.32. The molecular formula is C26H26N2O2. The first kappa shape index (κ1) is 19.9. The maximum atomic E-state index is 12.8. The van der Waals surface area contributed by atoms with Gasteiger partial charge in [0.2, 0.25) is 5.91 Å². The molecule has 0 bridgehead atoms. The summed E-state index contributed by atoms with van der Waals surface area (Å²) in [5.41, 5.74) is 4.82. The van der Waals surface area contributed by atoms with Crippen LogP contribution in [0.25, 0.3) is 11.1 Å². The van der Waals surface area contributed by atoms with Crippen LogP contribution in [0.4, 0.5) is 5.69 Å². The van der Waals surface area contributed by atoms with Crippen LogP contribution in [0, 0.1) is 12.8 Å². The summed E-state index contributed by atoms with van der Waals surface area (Å²) in [6.45, 7) is 3.17. The summed E-state index contributed by atoms with van der Waals surface area (Å²) in [6.07, 6.45) is 1.37. The molecule has 0 spiro atoms. The van der Waals surface area contributed by atoms with Crippen molar-refractivity contribution in [3.8, 4) is 11.1 Å². The smallest absolute Gasteiger partial charge is 0.254 e. The molecule has 0 atom stereocenters. The monoisotopic (exact) mass is 398 g/mol. The number of aryl methyl sites for hydroxylation is 1. The van der Waals surface area contributed by atoms with Gasteiger partial charge in [0.05, 0.1) is 0 Å². The van der Waals surface area contributed by atoms with Gasteiger partial charge in [0.15, 0.2) is 0 Å². The Morgan fingerprint density at radius 3 is 2.07 bits per heavy atom. The van der Waals surface area contributed by atoms with E-state index in [4.69, 9.17) is 0 Å². The summed E-state index contributed by atoms with van der Waals surface area (Å²) in [4.78, 5) is 27.3. The Hall–Kier alpha value is -3.40. The number of likely N-dealkylation sites (tertiary alicyclic amines) is 1. The summed E-state index contributed by atoms with van der Waals surface area (Å²) in [5, 5.41) is 3.03. The van der Waals surface area contributed by atoms with Crippen LogP contribution in [0.5, 0.6) is 0 Å². The van der Waals surface area contributed by atoms with Crippen LogP contribution in [0.3, 0.4) is 0 Å². The molecule has 0 unspecified atom stereocenters. The highest BCUT2D eigenvalue weighted by atomic mass is 16.2. The summed E-state index contributed by atoms with van der Waals surface area (Å²) in [7, 11) is 0. The van der Waals surface area contributed by atoms with Gasteiger partial charge in [-0.1, -0.05) is 60.7 Å². The molecule has 3 aromatic rings. The number of benzene rings is 3. The van der Waals surface area contributed by atoms with E-state index in [1.165, 1.54) is 0 Å². The van der Waals surface area contributed by atoms with E-state index in [0.29, 0.717) is 25.9 Å². The highest BCUT2D eigenvalue weighted by molar-refractivity contribution is 5.96. The number of carbonyl (C=O) groups excluding carboxylic acids is 2. The number of nitrogens with one attached hydrogen (secondary N) is 1. The highest BCUT2D eigenvalue weighted by Gasteiger charge is 2.28. The lowest BCUT2D eigenvalue weighted by Gasteiger charge is -2.31. The van der Waals surface area contributed by atoms with Crippen molar-refractivity contribution in [3.05, 3.63) is 90.0 Å². The molecule has 1 N–H and O–H groups in total. The van der Waals surface area contributed by atoms with Gasteiger partial charge in [0.25, 0.3) is 5.91 Å². The molecule has 4 heteroatoms. The first-order chi connectivity index (χ1) is 14.6. The van der Waals surface area contributed by atoms with E-state index in [1.807, 2.05) is 78.6 Å². The van der Waals surface area contributed by atoms with Crippen LogP contribution in [0.1, 0.15) is 28.8 Å². The Morgan fingerprint density at radius 1 is 0.800 bits per heavy atom. The summed E-state index contributed by atoms with van der Waals surface area (Å²) >= 11 is 0. The van der Waals surface area contributed by atoms with Crippen molar-refractivity contribution in [2.45, 2.75) is 19.8 Å². The van der Waals surface area contributed by atoms with Gasteiger partial charge in [0, 0.05) is 30.3 Å². The van der Waals surface area contributed by atoms with Crippen LogP contribution < -0.4 is 5.32 Å². The zero-order valence-corrected chi connectivity index (χ0v) is 17.2. The number of rotatable bonds is 4. The third-order valence-electron chi connectivity index (χ3n) is 5.79. The van der Waals surface area contributed by atoms with Gasteiger partial charge in [-0.25, -0.2) is 0 Å². The third-order valence-corrected chi connectivity index (χ3v) is 5.79. The molecule has 3 aromatic carbocycles. The van der Waals surface area contributed by atoms with Gasteiger partial charge in [0.1, 0.15) is 0 Å². The maximum absolute atomic E-state index is 12.8. The molecule has 0 radical (unpaired) electrons. The fourth-order valence-electron chi connectivity index (χ4n) is 3.95. The molecule has 1 fully saturated rings. The minimum absolute atomic E-state index is 0.0328. The molecular weight excluding hydrogens is 372 g/mol. The van der Waals surface area contributed by atoms with Gasteiger partial charge >= 0.3 is 0 Å². The molecule has 0 aromatic heterocycles. The number of hydrogen-bond acceptors (Lipinski definition) is 2. The van der Waals surface area contributed by atoms with Crippen molar-refractivity contribution in [1.29, 1.82) is 0 Å². The Morgan fingerprint density at radius 2 is 1.40 bits per heavy atom. The lowest BCUT2D eigenvalue weighted by atomic mass is 9.95. The molecule has 4 rings (SSSR count). The first-order valence-corrected chi connectivity index (χ1v) is 10.4. The Bertz CT molecular complexity index is 1020. The van der Waals surface area contributed by atoms with E-state index in [-0.39, 0.29) is 17.7 Å². The third kappa shape index (κ3) is 4.43. The number of hydrogen-bond donors (Lipinski definition) is 1. The van der Waals surface area contributed by atoms with Crippen LogP contribution in [0.2, 0.25) is 0 Å². The van der Waals surface area contributed by atoms with Crippen molar-refractivity contribution in [2.24, 2.45) is 5.92 Å². The predicted octanol–water partition coefficient (Wildman–Crippen LogP) is 5.15. The maximum Gasteiger partial charge on any atom is 0.254 e. The lowest BCUT2D eigenvalue weighted by molar-refractivity contribution is -0.121. The largest absolute Gasteiger partial charge is 0.339 e. The van der Waals surface area contributed by atoms with Gasteiger partial charge in [-0.05, 0) is 54.7 Å². The predicted molar refractivity (Wildman–Crippen MR) is 120 cm³/mol. The SMILES string of the molecule is Cc1ccccc1C(=O)N1CCC(C(=O)Nc2ccc(-c3ccccc3)cc2)CC1. The number of carbonyl (C=O) groups is 2. The van der Waals surface area contributed by atoms with Crippen molar-refractivity contribution in [2.75, 3.05) is 18.4 Å². The topological polar surface area (TPSA) is 49.4 Å². The lowest BCUT2D eigenvalue weighted by Crippen LogP contribution is -2.41. The average Bonchev–Trinajstić information content (AvgIpc) is 2.80. The van der Waals surface area contributed by atoms with Gasteiger partial charge in [-0.3, -0.25) is 9.59 Å². The summed E-state index contributed by atoms with van der Waals surface area (Å²) < 4.78 is 0. The number of nitrogens with zero attached hydrogens (tertiary/aromatic N) is 1. The van der Waals surface area contributed by atoms with E-state index in [1.54, 1.807) is 0 Å². The molecule has 30 heavy (non-hydrogen) atoms. The number of anilines is 1. The summed E-state index contributed by atoms with van der Waals surface area (Å²) in [6, 6.07) is 25.8. The molecule has 1 aliphatic heterocycles. The van der Waals surface area contributed by atoms with E-state index in [9.17, 15) is 9.59 Å². The zero-order chi connectivity index (χ0) is 20.9. The Labute approximate surface area is 177 Å². The second-order valence-electron chi connectivity index (χ2n) is 7.81. The van der Waals surface area contributed by atoms with Crippen molar-refractivity contribution in [3.63, 3.8) is 0 Å². The van der Waals surface area contributed by atoms with Crippen LogP contribution in [0.15, 0.2) is 78.9 Å². The fourth-order valence-corrected chi connectivity index (χ4v) is 3.95. The van der Waals surface area contributed by atoms with Gasteiger partial charge in [-0.15, -0.1) is 0 Å². The minimum atomic E-state index is -0.0697. The molecule has 0 saturated carbocycles. The van der Waals surface area contributed by atoms with Crippen LogP contribution >= 0.6 is 0 Å². The summed E-state index contributed by atoms with van der Waals surface area (Å²) in [5.74, 6) is 0.0219. The second-order valence-corrected chi connectivity index (χ2v) is 7.81. The van der Waals surface area contributed by atoms with E-state index < -0.39 is 0 Å². The van der Waals surface area contributed by atoms with Crippen molar-refractivity contribution in [1.82, 2.24) is 4.90 Å². The van der Waals surface area contributed by atoms with Gasteiger partial charge in [-0.2, -0.15) is 0 Å². The molecule has 152 valence electrons. The van der Waals surface area contributed by atoms with Crippen molar-refractivity contribution < 1.29 is 9.59 Å². The van der Waals surface area contributed by atoms with E-state index >= 15 is 0 Å². The fraction of sp³-hybridized carbons (Fsp3) is 0.231. The molecule has 1 aliphatic rings. The standard InChI is InChI=1S/C26H26N2O2/c1-19-7-5-6-10-24(19)26(30)28-17-15-22(16-18-28)25(29)27-23-13-11-21(12-14-23)20-8-3-2-4-9-20/h2-14,22H,15-18H2,1H3,(H,27,29). The molecule has 1 saturated heterocycles. The minimum Gasteiger partial charge on any atom is -0.339 e. The molecule has 1 heterocycles. The van der Waals surface area contributed by atoms with Gasteiger partial charge < -0.3 is 10.2 Å². The van der Waals surface area contributed by atoms with E-state index in [2.05, 4.69) is 17.4 Å². The zero-order valence-electron chi connectivity index (χ0n) is 17.2. The van der Waals surface area contributed by atoms with E-state index in [0.717, 1.165) is 27.9 Å². The highest BCUT2D eigenvalue weighted by Crippen LogP contribution is 2.24. The second kappa shape index (κ2) is 8.95. The molecule has 4 nitrogen and oxygen atoms in total. The van der Waals surface area contributed by atoms with Crippen LogP contribution in [-0.4, -0.2) is 29.8 Å². The quantitative estimate of drug-likeness (QED) is 0.660. The number of amides is 2. The molecule has 0 aliphatic carbocycles. The first-order valence-electron chi connectivity index (χ1n) is 10.4. The van der Waals surface area contributed by atoms with Crippen LogP contribution in [-0.2, 0) is 4.79 Å². The molecule has 2 amide bonds.